The third-order valence-electron chi connectivity index (χ3n) is 3.50. The van der Waals surface area contributed by atoms with Crippen LogP contribution in [0.15, 0.2) is 36.5 Å². The van der Waals surface area contributed by atoms with E-state index in [4.69, 9.17) is 9.47 Å². The largest absolute Gasteiger partial charge is 0.493 e. The Morgan fingerprint density at radius 3 is 2.57 bits per heavy atom. The lowest BCUT2D eigenvalue weighted by atomic mass is 10.1. The van der Waals surface area contributed by atoms with Crippen LogP contribution in [0.3, 0.4) is 0 Å². The van der Waals surface area contributed by atoms with E-state index in [-0.39, 0.29) is 6.04 Å². The Morgan fingerprint density at radius 1 is 1.19 bits per heavy atom. The van der Waals surface area contributed by atoms with Crippen molar-refractivity contribution in [2.45, 2.75) is 26.3 Å². The van der Waals surface area contributed by atoms with Crippen LogP contribution in [-0.4, -0.2) is 19.1 Å². The molecule has 21 heavy (non-hydrogen) atoms. The molecule has 1 heterocycles. The summed E-state index contributed by atoms with van der Waals surface area (Å²) >= 11 is 0. The molecule has 0 fully saturated rings. The molecule has 1 N–H and O–H groups in total. The molecule has 4 heteroatoms. The van der Waals surface area contributed by atoms with Crippen molar-refractivity contribution in [3.05, 3.63) is 47.8 Å². The zero-order valence-electron chi connectivity index (χ0n) is 13.0. The molecule has 1 atom stereocenters. The number of methoxy groups -OCH3 is 1. The molecule has 0 bridgehead atoms. The van der Waals surface area contributed by atoms with Gasteiger partial charge in [0.1, 0.15) is 5.75 Å². The predicted octanol–water partition coefficient (Wildman–Crippen LogP) is 3.73. The summed E-state index contributed by atoms with van der Waals surface area (Å²) < 4.78 is 11.2. The second kappa shape index (κ2) is 7.09. The van der Waals surface area contributed by atoms with Crippen LogP contribution < -0.4 is 14.8 Å². The first-order valence-electron chi connectivity index (χ1n) is 7.16. The van der Waals surface area contributed by atoms with Gasteiger partial charge in [0.15, 0.2) is 11.5 Å². The van der Waals surface area contributed by atoms with Gasteiger partial charge in [0.05, 0.1) is 19.0 Å². The molecule has 0 saturated heterocycles. The highest BCUT2D eigenvalue weighted by Crippen LogP contribution is 2.32. The summed E-state index contributed by atoms with van der Waals surface area (Å²) in [6.45, 7) is 4.18. The minimum Gasteiger partial charge on any atom is -0.493 e. The Bertz CT molecular complexity index is 582. The molecule has 0 aliphatic heterocycles. The highest BCUT2D eigenvalue weighted by Gasteiger charge is 2.08. The standard InChI is InChI=1S/C17H22N2O2/c1-5-13-6-9-16(17(10-13)20-4)21-14-7-8-15(19-11-14)12(2)18-3/h6-12,18H,5H2,1-4H3. The van der Waals surface area contributed by atoms with Crippen molar-refractivity contribution in [1.82, 2.24) is 10.3 Å². The van der Waals surface area contributed by atoms with Crippen molar-refractivity contribution in [2.24, 2.45) is 0 Å². The van der Waals surface area contributed by atoms with Crippen molar-refractivity contribution in [3.8, 4) is 17.2 Å². The van der Waals surface area contributed by atoms with Gasteiger partial charge in [0.25, 0.3) is 0 Å². The van der Waals surface area contributed by atoms with Gasteiger partial charge in [-0.25, -0.2) is 0 Å². The summed E-state index contributed by atoms with van der Waals surface area (Å²) in [5.41, 5.74) is 2.20. The molecule has 2 aromatic rings. The van der Waals surface area contributed by atoms with E-state index in [0.717, 1.165) is 17.9 Å². The molecule has 0 spiro atoms. The highest BCUT2D eigenvalue weighted by molar-refractivity contribution is 5.45. The third-order valence-corrected chi connectivity index (χ3v) is 3.50. The van der Waals surface area contributed by atoms with E-state index in [9.17, 15) is 0 Å². The smallest absolute Gasteiger partial charge is 0.169 e. The molecule has 0 aliphatic carbocycles. The van der Waals surface area contributed by atoms with E-state index >= 15 is 0 Å². The van der Waals surface area contributed by atoms with Gasteiger partial charge in [-0.15, -0.1) is 0 Å². The van der Waals surface area contributed by atoms with Crippen LogP contribution >= 0.6 is 0 Å². The summed E-state index contributed by atoms with van der Waals surface area (Å²) in [7, 11) is 3.56. The van der Waals surface area contributed by atoms with Crippen molar-refractivity contribution in [2.75, 3.05) is 14.2 Å². The van der Waals surface area contributed by atoms with Gasteiger partial charge in [-0.3, -0.25) is 4.98 Å². The van der Waals surface area contributed by atoms with E-state index < -0.39 is 0 Å². The van der Waals surface area contributed by atoms with Gasteiger partial charge in [-0.1, -0.05) is 13.0 Å². The van der Waals surface area contributed by atoms with Gasteiger partial charge in [-0.2, -0.15) is 0 Å². The Kier molecular flexibility index (Phi) is 5.17. The van der Waals surface area contributed by atoms with Crippen molar-refractivity contribution >= 4 is 0 Å². The second-order valence-corrected chi connectivity index (χ2v) is 4.87. The normalized spacial score (nSPS) is 12.0. The first-order valence-corrected chi connectivity index (χ1v) is 7.16. The summed E-state index contributed by atoms with van der Waals surface area (Å²) in [4.78, 5) is 4.41. The summed E-state index contributed by atoms with van der Waals surface area (Å²) in [5, 5.41) is 3.16. The second-order valence-electron chi connectivity index (χ2n) is 4.87. The maximum Gasteiger partial charge on any atom is 0.169 e. The zero-order valence-corrected chi connectivity index (χ0v) is 13.0. The van der Waals surface area contributed by atoms with Crippen LogP contribution in [-0.2, 0) is 6.42 Å². The fourth-order valence-corrected chi connectivity index (χ4v) is 2.00. The number of aryl methyl sites for hydroxylation is 1. The number of hydrogen-bond donors (Lipinski definition) is 1. The number of pyridine rings is 1. The fourth-order valence-electron chi connectivity index (χ4n) is 2.00. The maximum atomic E-state index is 5.86. The van der Waals surface area contributed by atoms with E-state index in [2.05, 4.69) is 24.1 Å². The first-order chi connectivity index (χ1) is 10.2. The van der Waals surface area contributed by atoms with Crippen molar-refractivity contribution < 1.29 is 9.47 Å². The molecule has 112 valence electrons. The molecule has 0 aliphatic rings. The molecular weight excluding hydrogens is 264 g/mol. The first kappa shape index (κ1) is 15.3. The number of nitrogens with one attached hydrogen (secondary N) is 1. The van der Waals surface area contributed by atoms with Crippen LogP contribution in [0.5, 0.6) is 17.2 Å². The number of rotatable bonds is 6. The molecule has 2 rings (SSSR count). The van der Waals surface area contributed by atoms with Crippen LogP contribution in [0.25, 0.3) is 0 Å². The number of hydrogen-bond acceptors (Lipinski definition) is 4. The van der Waals surface area contributed by atoms with Crippen molar-refractivity contribution in [1.29, 1.82) is 0 Å². The van der Waals surface area contributed by atoms with Crippen LogP contribution in [0, 0.1) is 0 Å². The van der Waals surface area contributed by atoms with Gasteiger partial charge in [0.2, 0.25) is 0 Å². The summed E-state index contributed by atoms with van der Waals surface area (Å²) in [6, 6.07) is 10.1. The van der Waals surface area contributed by atoms with Gasteiger partial charge in [-0.05, 0) is 50.2 Å². The lowest BCUT2D eigenvalue weighted by Gasteiger charge is -2.13. The molecule has 0 radical (unpaired) electrons. The van der Waals surface area contributed by atoms with Crippen LogP contribution in [0.2, 0.25) is 0 Å². The lowest BCUT2D eigenvalue weighted by molar-refractivity contribution is 0.377. The Morgan fingerprint density at radius 2 is 2.00 bits per heavy atom. The SMILES string of the molecule is CCc1ccc(Oc2ccc(C(C)NC)nc2)c(OC)c1. The topological polar surface area (TPSA) is 43.4 Å². The van der Waals surface area contributed by atoms with Gasteiger partial charge >= 0.3 is 0 Å². The Balaban J connectivity index is 2.18. The van der Waals surface area contributed by atoms with Gasteiger partial charge in [0, 0.05) is 6.04 Å². The Hall–Kier alpha value is -2.07. The highest BCUT2D eigenvalue weighted by atomic mass is 16.5. The summed E-state index contributed by atoms with van der Waals surface area (Å²) in [5.74, 6) is 2.14. The zero-order chi connectivity index (χ0) is 15.2. The minimum atomic E-state index is 0.220. The number of nitrogens with zero attached hydrogens (tertiary/aromatic N) is 1. The van der Waals surface area contributed by atoms with E-state index in [0.29, 0.717) is 11.5 Å². The number of aromatic nitrogens is 1. The van der Waals surface area contributed by atoms with Crippen LogP contribution in [0.4, 0.5) is 0 Å². The monoisotopic (exact) mass is 286 g/mol. The molecule has 0 amide bonds. The van der Waals surface area contributed by atoms with Crippen molar-refractivity contribution in [3.63, 3.8) is 0 Å². The number of benzene rings is 1. The molecule has 1 aromatic heterocycles. The predicted molar refractivity (Wildman–Crippen MR) is 84.2 cm³/mol. The van der Waals surface area contributed by atoms with E-state index in [1.807, 2.05) is 37.4 Å². The average Bonchev–Trinajstić information content (AvgIpc) is 2.55. The molecule has 0 saturated carbocycles. The molecule has 1 unspecified atom stereocenters. The van der Waals surface area contributed by atoms with E-state index in [1.54, 1.807) is 13.3 Å². The summed E-state index contributed by atoms with van der Waals surface area (Å²) in [6.07, 6.45) is 2.70. The molecular formula is C17H22N2O2. The number of ether oxygens (including phenoxy) is 2. The fraction of sp³-hybridized carbons (Fsp3) is 0.353. The quantitative estimate of drug-likeness (QED) is 0.879. The third kappa shape index (κ3) is 3.73. The lowest BCUT2D eigenvalue weighted by Crippen LogP contribution is -2.13. The van der Waals surface area contributed by atoms with Gasteiger partial charge < -0.3 is 14.8 Å². The Labute approximate surface area is 126 Å². The van der Waals surface area contributed by atoms with E-state index in [1.165, 1.54) is 5.56 Å². The molecule has 4 nitrogen and oxygen atoms in total. The minimum absolute atomic E-state index is 0.220. The van der Waals surface area contributed by atoms with Crippen LogP contribution in [0.1, 0.15) is 31.1 Å². The maximum absolute atomic E-state index is 5.86. The molecule has 1 aromatic carbocycles. The average molecular weight is 286 g/mol.